The van der Waals surface area contributed by atoms with E-state index in [-0.39, 0.29) is 0 Å². The van der Waals surface area contributed by atoms with Gasteiger partial charge in [-0.15, -0.1) is 0 Å². The smallest absolute Gasteiger partial charge is 0.129 e. The number of aryl methyl sites for hydroxylation is 2. The van der Waals surface area contributed by atoms with E-state index >= 15 is 0 Å². The van der Waals surface area contributed by atoms with Crippen molar-refractivity contribution in [2.75, 3.05) is 5.32 Å². The van der Waals surface area contributed by atoms with Crippen LogP contribution in [0.5, 0.6) is 0 Å². The average molecular weight is 245 g/mol. The largest absolute Gasteiger partial charge is 0.366 e. The standard InChI is InChI=1S/C13H19N5/c1-4-5-12-6-13(16-9-15-12)14-7-11-8-17-18(3)10(11)2/h6,8-9H,4-5,7H2,1-3H3,(H,14,15,16). The summed E-state index contributed by atoms with van der Waals surface area (Å²) in [7, 11) is 1.95. The van der Waals surface area contributed by atoms with E-state index in [4.69, 9.17) is 0 Å². The molecule has 0 aliphatic heterocycles. The van der Waals surface area contributed by atoms with Crippen molar-refractivity contribution in [1.29, 1.82) is 0 Å². The Bertz CT molecular complexity index is 518. The summed E-state index contributed by atoms with van der Waals surface area (Å²) in [6.07, 6.45) is 5.58. The second-order valence-electron chi connectivity index (χ2n) is 4.38. The summed E-state index contributed by atoms with van der Waals surface area (Å²) in [5, 5.41) is 7.53. The Hall–Kier alpha value is -1.91. The van der Waals surface area contributed by atoms with Gasteiger partial charge in [0.15, 0.2) is 0 Å². The number of anilines is 1. The van der Waals surface area contributed by atoms with Crippen molar-refractivity contribution in [3.8, 4) is 0 Å². The molecule has 0 fully saturated rings. The Morgan fingerprint density at radius 3 is 2.83 bits per heavy atom. The van der Waals surface area contributed by atoms with Gasteiger partial charge in [0.25, 0.3) is 0 Å². The lowest BCUT2D eigenvalue weighted by Gasteiger charge is -2.06. The molecule has 0 aliphatic rings. The molecule has 0 amide bonds. The average Bonchev–Trinajstić information content (AvgIpc) is 2.69. The van der Waals surface area contributed by atoms with Gasteiger partial charge in [-0.25, -0.2) is 9.97 Å². The molecule has 5 nitrogen and oxygen atoms in total. The summed E-state index contributed by atoms with van der Waals surface area (Å²) in [4.78, 5) is 8.46. The molecule has 0 saturated heterocycles. The zero-order chi connectivity index (χ0) is 13.0. The fourth-order valence-corrected chi connectivity index (χ4v) is 1.79. The Morgan fingerprint density at radius 1 is 1.33 bits per heavy atom. The fraction of sp³-hybridized carbons (Fsp3) is 0.462. The zero-order valence-corrected chi connectivity index (χ0v) is 11.1. The fourth-order valence-electron chi connectivity index (χ4n) is 1.79. The molecule has 2 aromatic heterocycles. The Labute approximate surface area is 107 Å². The van der Waals surface area contributed by atoms with Crippen molar-refractivity contribution >= 4 is 5.82 Å². The molecule has 2 heterocycles. The molecule has 96 valence electrons. The first kappa shape index (κ1) is 12.5. The molecule has 0 radical (unpaired) electrons. The number of aromatic nitrogens is 4. The van der Waals surface area contributed by atoms with Crippen LogP contribution in [0.4, 0.5) is 5.82 Å². The lowest BCUT2D eigenvalue weighted by atomic mass is 10.2. The molecule has 1 N–H and O–H groups in total. The van der Waals surface area contributed by atoms with Crippen LogP contribution in [0.1, 0.15) is 30.3 Å². The van der Waals surface area contributed by atoms with Crippen LogP contribution in [0.25, 0.3) is 0 Å². The van der Waals surface area contributed by atoms with Crippen LogP contribution >= 0.6 is 0 Å². The molecule has 2 rings (SSSR count). The van der Waals surface area contributed by atoms with Gasteiger partial charge in [0.05, 0.1) is 6.20 Å². The Kier molecular flexibility index (Phi) is 3.92. The molecule has 0 bridgehead atoms. The monoisotopic (exact) mass is 245 g/mol. The molecule has 5 heteroatoms. The maximum Gasteiger partial charge on any atom is 0.129 e. The van der Waals surface area contributed by atoms with Gasteiger partial charge in [-0.1, -0.05) is 13.3 Å². The number of nitrogens with one attached hydrogen (secondary N) is 1. The molecule has 18 heavy (non-hydrogen) atoms. The van der Waals surface area contributed by atoms with E-state index in [2.05, 4.69) is 34.2 Å². The highest BCUT2D eigenvalue weighted by atomic mass is 15.3. The van der Waals surface area contributed by atoms with E-state index < -0.39 is 0 Å². The summed E-state index contributed by atoms with van der Waals surface area (Å²) in [6, 6.07) is 2.01. The highest BCUT2D eigenvalue weighted by Gasteiger charge is 2.04. The van der Waals surface area contributed by atoms with Crippen LogP contribution in [0.3, 0.4) is 0 Å². The number of nitrogens with zero attached hydrogens (tertiary/aromatic N) is 4. The van der Waals surface area contributed by atoms with Crippen molar-refractivity contribution in [3.63, 3.8) is 0 Å². The SMILES string of the molecule is CCCc1cc(NCc2cnn(C)c2C)ncn1. The Balaban J connectivity index is 2.01. The van der Waals surface area contributed by atoms with Gasteiger partial charge in [0.2, 0.25) is 0 Å². The van der Waals surface area contributed by atoms with E-state index in [0.717, 1.165) is 30.9 Å². The molecular formula is C13H19N5. The maximum atomic E-state index is 4.24. The van der Waals surface area contributed by atoms with Crippen molar-refractivity contribution in [1.82, 2.24) is 19.7 Å². The lowest BCUT2D eigenvalue weighted by Crippen LogP contribution is -2.04. The van der Waals surface area contributed by atoms with Crippen molar-refractivity contribution in [2.24, 2.45) is 7.05 Å². The summed E-state index contributed by atoms with van der Waals surface area (Å²) in [5.74, 6) is 0.872. The maximum absolute atomic E-state index is 4.24. The topological polar surface area (TPSA) is 55.6 Å². The number of hydrogen-bond donors (Lipinski definition) is 1. The predicted octanol–water partition coefficient (Wildman–Crippen LogP) is 2.08. The van der Waals surface area contributed by atoms with Gasteiger partial charge in [-0.2, -0.15) is 5.10 Å². The van der Waals surface area contributed by atoms with Crippen LogP contribution in [-0.2, 0) is 20.0 Å². The minimum Gasteiger partial charge on any atom is -0.366 e. The third-order valence-electron chi connectivity index (χ3n) is 3.03. The molecule has 0 spiro atoms. The van der Waals surface area contributed by atoms with Crippen molar-refractivity contribution in [3.05, 3.63) is 35.5 Å². The first-order valence-corrected chi connectivity index (χ1v) is 6.23. The molecule has 0 atom stereocenters. The molecule has 0 aliphatic carbocycles. The second-order valence-corrected chi connectivity index (χ2v) is 4.38. The lowest BCUT2D eigenvalue weighted by molar-refractivity contribution is 0.738. The quantitative estimate of drug-likeness (QED) is 0.876. The third-order valence-corrected chi connectivity index (χ3v) is 3.03. The van der Waals surface area contributed by atoms with Gasteiger partial charge in [0, 0.05) is 36.6 Å². The third kappa shape index (κ3) is 2.85. The first-order chi connectivity index (χ1) is 8.70. The van der Waals surface area contributed by atoms with E-state index in [1.165, 1.54) is 11.3 Å². The van der Waals surface area contributed by atoms with E-state index in [1.54, 1.807) is 6.33 Å². The van der Waals surface area contributed by atoms with Crippen LogP contribution in [0.2, 0.25) is 0 Å². The summed E-state index contributed by atoms with van der Waals surface area (Å²) < 4.78 is 1.87. The van der Waals surface area contributed by atoms with Gasteiger partial charge < -0.3 is 5.32 Å². The van der Waals surface area contributed by atoms with Gasteiger partial charge in [-0.3, -0.25) is 4.68 Å². The number of rotatable bonds is 5. The van der Waals surface area contributed by atoms with Crippen LogP contribution < -0.4 is 5.32 Å². The van der Waals surface area contributed by atoms with Crippen LogP contribution in [-0.4, -0.2) is 19.7 Å². The van der Waals surface area contributed by atoms with Gasteiger partial charge in [-0.05, 0) is 13.3 Å². The molecular weight excluding hydrogens is 226 g/mol. The minimum absolute atomic E-state index is 0.738. The Morgan fingerprint density at radius 2 is 2.17 bits per heavy atom. The van der Waals surface area contributed by atoms with E-state index in [1.807, 2.05) is 24.0 Å². The molecule has 2 aromatic rings. The molecule has 0 unspecified atom stereocenters. The molecule has 0 saturated carbocycles. The highest BCUT2D eigenvalue weighted by Crippen LogP contribution is 2.10. The second kappa shape index (κ2) is 5.62. The van der Waals surface area contributed by atoms with E-state index in [0.29, 0.717) is 0 Å². The van der Waals surface area contributed by atoms with Crippen LogP contribution in [0.15, 0.2) is 18.6 Å². The number of hydrogen-bond acceptors (Lipinski definition) is 4. The predicted molar refractivity (Wildman–Crippen MR) is 71.3 cm³/mol. The summed E-state index contributed by atoms with van der Waals surface area (Å²) in [5.41, 5.74) is 3.44. The summed E-state index contributed by atoms with van der Waals surface area (Å²) in [6.45, 7) is 4.95. The van der Waals surface area contributed by atoms with Gasteiger partial charge in [0.1, 0.15) is 12.1 Å². The minimum atomic E-state index is 0.738. The van der Waals surface area contributed by atoms with Crippen molar-refractivity contribution in [2.45, 2.75) is 33.2 Å². The normalized spacial score (nSPS) is 10.6. The molecule has 0 aromatic carbocycles. The summed E-state index contributed by atoms with van der Waals surface area (Å²) >= 11 is 0. The van der Waals surface area contributed by atoms with Crippen molar-refractivity contribution < 1.29 is 0 Å². The van der Waals surface area contributed by atoms with Gasteiger partial charge >= 0.3 is 0 Å². The first-order valence-electron chi connectivity index (χ1n) is 6.23. The van der Waals surface area contributed by atoms with E-state index in [9.17, 15) is 0 Å². The van der Waals surface area contributed by atoms with Crippen LogP contribution in [0, 0.1) is 6.92 Å². The zero-order valence-electron chi connectivity index (χ0n) is 11.1. The highest BCUT2D eigenvalue weighted by molar-refractivity contribution is 5.36.